The lowest BCUT2D eigenvalue weighted by Crippen LogP contribution is -2.11. The minimum atomic E-state index is 0.924. The molecule has 1 aromatic heterocycles. The number of nitrogens with zero attached hydrogens (tertiary/aromatic N) is 1. The molecule has 1 N–H and O–H groups in total. The topological polar surface area (TPSA) is 17.0 Å². The summed E-state index contributed by atoms with van der Waals surface area (Å²) < 4.78 is 3.59. The van der Waals surface area contributed by atoms with Crippen molar-refractivity contribution in [2.45, 2.75) is 20.0 Å². The Kier molecular flexibility index (Phi) is 4.60. The Morgan fingerprint density at radius 1 is 1.00 bits per heavy atom. The molecule has 0 atom stereocenters. The number of rotatable bonds is 5. The Bertz CT molecular complexity index is 729. The Morgan fingerprint density at radius 3 is 2.52 bits per heavy atom. The van der Waals surface area contributed by atoms with Crippen molar-refractivity contribution in [1.29, 1.82) is 0 Å². The molecule has 0 aliphatic heterocycles. The molecule has 0 spiro atoms. The number of hydrogen-bond donors (Lipinski definition) is 1. The molecule has 21 heavy (non-hydrogen) atoms. The van der Waals surface area contributed by atoms with E-state index in [1.165, 1.54) is 25.6 Å². The zero-order chi connectivity index (χ0) is 14.7. The standard InChI is InChI=1S/C18H19IN2/c1-2-20-12-15-5-8-18-16(11-15)9-10-21(18)13-14-3-6-17(19)7-4-14/h3-11,20H,2,12-13H2,1H3. The van der Waals surface area contributed by atoms with Gasteiger partial charge in [-0.05, 0) is 76.0 Å². The molecule has 2 aromatic carbocycles. The van der Waals surface area contributed by atoms with Gasteiger partial charge in [0, 0.05) is 28.4 Å². The quantitative estimate of drug-likeness (QED) is 0.639. The van der Waals surface area contributed by atoms with E-state index in [-0.39, 0.29) is 0 Å². The van der Waals surface area contributed by atoms with E-state index in [0.29, 0.717) is 0 Å². The van der Waals surface area contributed by atoms with Gasteiger partial charge in [-0.2, -0.15) is 0 Å². The lowest BCUT2D eigenvalue weighted by Gasteiger charge is -2.07. The second-order valence-corrected chi connectivity index (χ2v) is 6.49. The summed E-state index contributed by atoms with van der Waals surface area (Å²) in [6.45, 7) is 5.00. The summed E-state index contributed by atoms with van der Waals surface area (Å²) in [4.78, 5) is 0. The maximum atomic E-state index is 3.37. The van der Waals surface area contributed by atoms with Gasteiger partial charge in [-0.15, -0.1) is 0 Å². The van der Waals surface area contributed by atoms with E-state index < -0.39 is 0 Å². The Morgan fingerprint density at radius 2 is 1.76 bits per heavy atom. The molecule has 0 aliphatic rings. The van der Waals surface area contributed by atoms with Gasteiger partial charge in [0.15, 0.2) is 0 Å². The van der Waals surface area contributed by atoms with Crippen LogP contribution < -0.4 is 5.32 Å². The van der Waals surface area contributed by atoms with Crippen molar-refractivity contribution in [3.05, 3.63) is 69.4 Å². The third kappa shape index (κ3) is 3.47. The molecule has 1 heterocycles. The fourth-order valence-electron chi connectivity index (χ4n) is 2.55. The summed E-state index contributed by atoms with van der Waals surface area (Å²) in [5.41, 5.74) is 3.98. The van der Waals surface area contributed by atoms with Crippen molar-refractivity contribution < 1.29 is 0 Å². The summed E-state index contributed by atoms with van der Waals surface area (Å²) in [6, 6.07) is 17.7. The van der Waals surface area contributed by atoms with Crippen LogP contribution in [0.2, 0.25) is 0 Å². The Balaban J connectivity index is 1.84. The SMILES string of the molecule is CCNCc1ccc2c(ccn2Cc2ccc(I)cc2)c1. The predicted octanol–water partition coefficient (Wildman–Crippen LogP) is 4.40. The van der Waals surface area contributed by atoms with Gasteiger partial charge in [-0.25, -0.2) is 0 Å². The second kappa shape index (κ2) is 6.62. The zero-order valence-electron chi connectivity index (χ0n) is 12.1. The van der Waals surface area contributed by atoms with Crippen LogP contribution in [0.1, 0.15) is 18.1 Å². The largest absolute Gasteiger partial charge is 0.343 e. The minimum Gasteiger partial charge on any atom is -0.343 e. The van der Waals surface area contributed by atoms with Crippen LogP contribution >= 0.6 is 22.6 Å². The Hall–Kier alpha value is -1.33. The van der Waals surface area contributed by atoms with Crippen LogP contribution in [0.5, 0.6) is 0 Å². The number of fused-ring (bicyclic) bond motifs is 1. The van der Waals surface area contributed by atoms with Gasteiger partial charge >= 0.3 is 0 Å². The highest BCUT2D eigenvalue weighted by molar-refractivity contribution is 14.1. The minimum absolute atomic E-state index is 0.924. The molecule has 0 bridgehead atoms. The van der Waals surface area contributed by atoms with Gasteiger partial charge in [0.05, 0.1) is 0 Å². The average molecular weight is 390 g/mol. The van der Waals surface area contributed by atoms with Crippen molar-refractivity contribution >= 4 is 33.5 Å². The number of halogens is 1. The molecule has 108 valence electrons. The lowest BCUT2D eigenvalue weighted by atomic mass is 10.1. The molecule has 0 saturated carbocycles. The normalized spacial score (nSPS) is 11.1. The fraction of sp³-hybridized carbons (Fsp3) is 0.222. The van der Waals surface area contributed by atoms with Crippen LogP contribution in [-0.4, -0.2) is 11.1 Å². The summed E-state index contributed by atoms with van der Waals surface area (Å²) in [6.07, 6.45) is 2.18. The van der Waals surface area contributed by atoms with Crippen LogP contribution in [0.15, 0.2) is 54.7 Å². The monoisotopic (exact) mass is 390 g/mol. The molecule has 3 aromatic rings. The highest BCUT2D eigenvalue weighted by atomic mass is 127. The van der Waals surface area contributed by atoms with Gasteiger partial charge in [-0.1, -0.05) is 25.1 Å². The molecule has 0 fully saturated rings. The molecule has 0 aliphatic carbocycles. The first-order valence-corrected chi connectivity index (χ1v) is 8.37. The molecule has 0 amide bonds. The third-order valence-corrected chi connectivity index (χ3v) is 4.40. The Labute approximate surface area is 139 Å². The molecule has 2 nitrogen and oxygen atoms in total. The van der Waals surface area contributed by atoms with Crippen LogP contribution in [0.3, 0.4) is 0 Å². The van der Waals surface area contributed by atoms with Gasteiger partial charge in [0.25, 0.3) is 0 Å². The highest BCUT2D eigenvalue weighted by Gasteiger charge is 2.03. The van der Waals surface area contributed by atoms with Crippen molar-refractivity contribution in [3.8, 4) is 0 Å². The first-order valence-electron chi connectivity index (χ1n) is 7.29. The van der Waals surface area contributed by atoms with E-state index in [1.54, 1.807) is 0 Å². The maximum absolute atomic E-state index is 3.37. The lowest BCUT2D eigenvalue weighted by molar-refractivity contribution is 0.727. The van der Waals surface area contributed by atoms with Crippen LogP contribution in [0.25, 0.3) is 10.9 Å². The van der Waals surface area contributed by atoms with Gasteiger partial charge in [0.1, 0.15) is 0 Å². The molecule has 0 saturated heterocycles. The number of aromatic nitrogens is 1. The van der Waals surface area contributed by atoms with Crippen molar-refractivity contribution in [2.75, 3.05) is 6.54 Å². The highest BCUT2D eigenvalue weighted by Crippen LogP contribution is 2.19. The molecule has 3 heteroatoms. The van der Waals surface area contributed by atoms with Crippen molar-refractivity contribution in [2.24, 2.45) is 0 Å². The van der Waals surface area contributed by atoms with Crippen LogP contribution in [-0.2, 0) is 13.1 Å². The number of benzene rings is 2. The van der Waals surface area contributed by atoms with Crippen LogP contribution in [0.4, 0.5) is 0 Å². The first-order chi connectivity index (χ1) is 10.3. The smallest absolute Gasteiger partial charge is 0.0483 e. The van der Waals surface area contributed by atoms with Gasteiger partial charge < -0.3 is 9.88 Å². The van der Waals surface area contributed by atoms with Gasteiger partial charge in [-0.3, -0.25) is 0 Å². The maximum Gasteiger partial charge on any atom is 0.0483 e. The van der Waals surface area contributed by atoms with Gasteiger partial charge in [0.2, 0.25) is 0 Å². The first kappa shape index (κ1) is 14.6. The average Bonchev–Trinajstić information content (AvgIpc) is 2.90. The van der Waals surface area contributed by atoms with E-state index in [0.717, 1.165) is 19.6 Å². The van der Waals surface area contributed by atoms with Crippen molar-refractivity contribution in [1.82, 2.24) is 9.88 Å². The summed E-state index contributed by atoms with van der Waals surface area (Å²) in [5.74, 6) is 0. The summed E-state index contributed by atoms with van der Waals surface area (Å²) in [5, 5.41) is 4.69. The van der Waals surface area contributed by atoms with E-state index in [9.17, 15) is 0 Å². The van der Waals surface area contributed by atoms with E-state index >= 15 is 0 Å². The van der Waals surface area contributed by atoms with Crippen LogP contribution in [0, 0.1) is 3.57 Å². The number of nitrogens with one attached hydrogen (secondary N) is 1. The summed E-state index contributed by atoms with van der Waals surface area (Å²) >= 11 is 2.34. The summed E-state index contributed by atoms with van der Waals surface area (Å²) in [7, 11) is 0. The second-order valence-electron chi connectivity index (χ2n) is 5.24. The van der Waals surface area contributed by atoms with E-state index in [1.807, 2.05) is 0 Å². The van der Waals surface area contributed by atoms with Crippen molar-refractivity contribution in [3.63, 3.8) is 0 Å². The molecular weight excluding hydrogens is 371 g/mol. The predicted molar refractivity (Wildman–Crippen MR) is 97.6 cm³/mol. The number of hydrogen-bond acceptors (Lipinski definition) is 1. The zero-order valence-corrected chi connectivity index (χ0v) is 14.3. The fourth-order valence-corrected chi connectivity index (χ4v) is 2.91. The molecule has 0 radical (unpaired) electrons. The molecule has 0 unspecified atom stereocenters. The molecular formula is C18H19IN2. The molecule has 3 rings (SSSR count). The van der Waals surface area contributed by atoms with E-state index in [4.69, 9.17) is 0 Å². The van der Waals surface area contributed by atoms with E-state index in [2.05, 4.69) is 94.1 Å². The third-order valence-electron chi connectivity index (χ3n) is 3.68.